The highest BCUT2D eigenvalue weighted by Gasteiger charge is 1.91. The first kappa shape index (κ1) is 15.1. The normalized spacial score (nSPS) is 9.38. The van der Waals surface area contributed by atoms with Gasteiger partial charge in [0.1, 0.15) is 5.78 Å². The minimum Gasteiger partial charge on any atom is -0.330 e. The van der Waals surface area contributed by atoms with Crippen LogP contribution in [0.1, 0.15) is 46.5 Å². The van der Waals surface area contributed by atoms with Crippen molar-refractivity contribution in [1.29, 1.82) is 0 Å². The highest BCUT2D eigenvalue weighted by atomic mass is 16.1. The van der Waals surface area contributed by atoms with Crippen LogP contribution in [0.2, 0.25) is 0 Å². The smallest absolute Gasteiger partial charge is 0.129 e. The Morgan fingerprint density at radius 1 is 1.23 bits per heavy atom. The van der Waals surface area contributed by atoms with Crippen LogP contribution >= 0.6 is 0 Å². The maximum atomic E-state index is 10.4. The molecule has 0 aromatic heterocycles. The quantitative estimate of drug-likeness (QED) is 0.641. The van der Waals surface area contributed by atoms with Gasteiger partial charge in [0.2, 0.25) is 0 Å². The second kappa shape index (κ2) is 11.6. The summed E-state index contributed by atoms with van der Waals surface area (Å²) >= 11 is 0. The summed E-state index contributed by atoms with van der Waals surface area (Å²) in [5, 5.41) is 0. The lowest BCUT2D eigenvalue weighted by Gasteiger charge is -1.93. The molecule has 0 aromatic rings. The third-order valence-electron chi connectivity index (χ3n) is 1.23. The predicted molar refractivity (Wildman–Crippen MR) is 57.5 cm³/mol. The largest absolute Gasteiger partial charge is 0.330 e. The summed E-state index contributed by atoms with van der Waals surface area (Å²) in [5.41, 5.74) is 10.4. The number of hydrogen-bond donors (Lipinski definition) is 2. The van der Waals surface area contributed by atoms with Crippen molar-refractivity contribution in [1.82, 2.24) is 0 Å². The van der Waals surface area contributed by atoms with Crippen LogP contribution in [-0.2, 0) is 4.79 Å². The van der Waals surface area contributed by atoms with Gasteiger partial charge in [-0.3, -0.25) is 0 Å². The SMILES string of the molecule is CC(=O)CCCCCN.CC(C)N. The number of rotatable bonds is 5. The van der Waals surface area contributed by atoms with Crippen molar-refractivity contribution in [2.24, 2.45) is 11.5 Å². The Balaban J connectivity index is 0. The minimum atomic E-state index is 0.284. The molecule has 80 valence electrons. The molecular formula is C10H24N2O. The van der Waals surface area contributed by atoms with Crippen LogP contribution in [0.4, 0.5) is 0 Å². The molecule has 0 heterocycles. The Morgan fingerprint density at radius 3 is 2.00 bits per heavy atom. The minimum absolute atomic E-state index is 0.284. The maximum absolute atomic E-state index is 10.4. The Kier molecular flexibility index (Phi) is 13.4. The molecule has 0 saturated heterocycles. The summed E-state index contributed by atoms with van der Waals surface area (Å²) in [5.74, 6) is 0.284. The summed E-state index contributed by atoms with van der Waals surface area (Å²) in [6, 6.07) is 0.333. The molecular weight excluding hydrogens is 164 g/mol. The molecule has 0 atom stereocenters. The highest BCUT2D eigenvalue weighted by molar-refractivity contribution is 5.75. The van der Waals surface area contributed by atoms with Crippen molar-refractivity contribution in [3.63, 3.8) is 0 Å². The molecule has 0 saturated carbocycles. The summed E-state index contributed by atoms with van der Waals surface area (Å²) < 4.78 is 0. The highest BCUT2D eigenvalue weighted by Crippen LogP contribution is 1.98. The number of hydrogen-bond acceptors (Lipinski definition) is 3. The molecule has 3 heteroatoms. The van der Waals surface area contributed by atoms with E-state index in [0.717, 1.165) is 32.2 Å². The van der Waals surface area contributed by atoms with Crippen LogP contribution < -0.4 is 11.5 Å². The summed E-state index contributed by atoms with van der Waals surface area (Å²) in [4.78, 5) is 10.4. The summed E-state index contributed by atoms with van der Waals surface area (Å²) in [6.45, 7) is 6.26. The van der Waals surface area contributed by atoms with E-state index in [2.05, 4.69) is 0 Å². The first-order valence-electron chi connectivity index (χ1n) is 4.95. The number of Topliss-reactive ketones (excluding diaryl/α,β-unsaturated/α-hetero) is 1. The van der Waals surface area contributed by atoms with E-state index in [1.54, 1.807) is 6.92 Å². The lowest BCUT2D eigenvalue weighted by Crippen LogP contribution is -2.06. The van der Waals surface area contributed by atoms with Gasteiger partial charge < -0.3 is 16.3 Å². The van der Waals surface area contributed by atoms with Gasteiger partial charge in [-0.1, -0.05) is 20.3 Å². The Hall–Kier alpha value is -0.410. The molecule has 3 nitrogen and oxygen atoms in total. The topological polar surface area (TPSA) is 69.1 Å². The van der Waals surface area contributed by atoms with Crippen molar-refractivity contribution in [2.45, 2.75) is 52.5 Å². The maximum Gasteiger partial charge on any atom is 0.129 e. The number of ketones is 1. The molecule has 4 N–H and O–H groups in total. The van der Waals surface area contributed by atoms with E-state index in [-0.39, 0.29) is 5.78 Å². The van der Waals surface area contributed by atoms with E-state index >= 15 is 0 Å². The molecule has 0 spiro atoms. The summed E-state index contributed by atoms with van der Waals surface area (Å²) in [6.07, 6.45) is 3.87. The van der Waals surface area contributed by atoms with Crippen LogP contribution in [-0.4, -0.2) is 18.4 Å². The van der Waals surface area contributed by atoms with Crippen molar-refractivity contribution in [3.8, 4) is 0 Å². The van der Waals surface area contributed by atoms with Gasteiger partial charge >= 0.3 is 0 Å². The van der Waals surface area contributed by atoms with Crippen LogP contribution in [0.15, 0.2) is 0 Å². The molecule has 0 aromatic carbocycles. The molecule has 0 aliphatic carbocycles. The third kappa shape index (κ3) is 34.1. The zero-order chi connectivity index (χ0) is 10.7. The second-order valence-electron chi connectivity index (χ2n) is 3.55. The fourth-order valence-electron chi connectivity index (χ4n) is 0.695. The number of carbonyl (C=O) groups excluding carboxylic acids is 1. The van der Waals surface area contributed by atoms with Crippen LogP contribution in [0.5, 0.6) is 0 Å². The van der Waals surface area contributed by atoms with E-state index in [1.165, 1.54) is 0 Å². The summed E-state index contributed by atoms with van der Waals surface area (Å²) in [7, 11) is 0. The number of carbonyl (C=O) groups is 1. The first-order chi connectivity index (χ1) is 6.00. The zero-order valence-electron chi connectivity index (χ0n) is 9.18. The lowest BCUT2D eigenvalue weighted by atomic mass is 10.1. The third-order valence-corrected chi connectivity index (χ3v) is 1.23. The van der Waals surface area contributed by atoms with Crippen LogP contribution in [0.3, 0.4) is 0 Å². The number of nitrogens with two attached hydrogens (primary N) is 2. The van der Waals surface area contributed by atoms with Gasteiger partial charge in [0.05, 0.1) is 0 Å². The molecule has 13 heavy (non-hydrogen) atoms. The standard InChI is InChI=1S/C7H15NO.C3H9N/c1-7(9)5-3-2-4-6-8;1-3(2)4/h2-6,8H2,1H3;3H,4H2,1-2H3. The van der Waals surface area contributed by atoms with Crippen molar-refractivity contribution < 1.29 is 4.79 Å². The van der Waals surface area contributed by atoms with Gasteiger partial charge in [0.15, 0.2) is 0 Å². The molecule has 0 aliphatic rings. The Bertz CT molecular complexity index is 111. The fourth-order valence-corrected chi connectivity index (χ4v) is 0.695. The van der Waals surface area contributed by atoms with Gasteiger partial charge in [-0.25, -0.2) is 0 Å². The van der Waals surface area contributed by atoms with Crippen molar-refractivity contribution in [2.75, 3.05) is 6.54 Å². The van der Waals surface area contributed by atoms with Gasteiger partial charge in [0, 0.05) is 6.42 Å². The number of unbranched alkanes of at least 4 members (excludes halogenated alkanes) is 2. The molecule has 0 fully saturated rings. The first-order valence-corrected chi connectivity index (χ1v) is 4.95. The van der Waals surface area contributed by atoms with E-state index in [4.69, 9.17) is 11.5 Å². The van der Waals surface area contributed by atoms with Gasteiger partial charge in [-0.15, -0.1) is 0 Å². The van der Waals surface area contributed by atoms with E-state index in [9.17, 15) is 4.79 Å². The van der Waals surface area contributed by atoms with Gasteiger partial charge in [0.25, 0.3) is 0 Å². The molecule has 0 rings (SSSR count). The lowest BCUT2D eigenvalue weighted by molar-refractivity contribution is -0.117. The molecule has 0 aliphatic heterocycles. The van der Waals surface area contributed by atoms with Crippen LogP contribution in [0, 0.1) is 0 Å². The van der Waals surface area contributed by atoms with Crippen LogP contribution in [0.25, 0.3) is 0 Å². The van der Waals surface area contributed by atoms with E-state index < -0.39 is 0 Å². The monoisotopic (exact) mass is 188 g/mol. The molecule has 0 unspecified atom stereocenters. The molecule has 0 amide bonds. The fraction of sp³-hybridized carbons (Fsp3) is 0.900. The van der Waals surface area contributed by atoms with Crippen molar-refractivity contribution >= 4 is 5.78 Å². The molecule has 0 radical (unpaired) electrons. The predicted octanol–water partition coefficient (Wildman–Crippen LogP) is 1.45. The van der Waals surface area contributed by atoms with Gasteiger partial charge in [-0.05, 0) is 32.4 Å². The van der Waals surface area contributed by atoms with E-state index in [1.807, 2.05) is 13.8 Å². The zero-order valence-corrected chi connectivity index (χ0v) is 9.18. The van der Waals surface area contributed by atoms with Crippen molar-refractivity contribution in [3.05, 3.63) is 0 Å². The average molecular weight is 188 g/mol. The Morgan fingerprint density at radius 2 is 1.69 bits per heavy atom. The van der Waals surface area contributed by atoms with E-state index in [0.29, 0.717) is 6.04 Å². The second-order valence-corrected chi connectivity index (χ2v) is 3.55. The Labute approximate surface area is 81.9 Å². The average Bonchev–Trinajstić information content (AvgIpc) is 1.97. The molecule has 0 bridgehead atoms. The van der Waals surface area contributed by atoms with Gasteiger partial charge in [-0.2, -0.15) is 0 Å².